The van der Waals surface area contributed by atoms with E-state index >= 15 is 0 Å². The zero-order chi connectivity index (χ0) is 37.5. The minimum Gasteiger partial charge on any atom is -0.457 e. The van der Waals surface area contributed by atoms with Gasteiger partial charge in [0.1, 0.15) is 22.8 Å². The summed E-state index contributed by atoms with van der Waals surface area (Å²) in [5.74, 6) is 1.51. The standard InChI is InChI=1S/C50H32N4OSSi/c1-3-16-36(17-4-1)57(37-18-5-2-6-19-37)45-25-12-11-24-44(45)56-48-46(57)32-52-50-47(48)40-21-8-10-23-43(40)54(50)33-14-13-15-34(30-33)55-35-26-27-38-39-20-7-9-22-42(39)53-29-28-51-49(53)41(38)31-35/h1-32H. The van der Waals surface area contributed by atoms with Gasteiger partial charge in [0, 0.05) is 56.0 Å². The minimum atomic E-state index is -2.77. The highest BCUT2D eigenvalue weighted by Crippen LogP contribution is 2.42. The summed E-state index contributed by atoms with van der Waals surface area (Å²) in [6, 6.07) is 63.2. The molecule has 0 spiro atoms. The van der Waals surface area contributed by atoms with E-state index in [0.29, 0.717) is 0 Å². The third kappa shape index (κ3) is 4.70. The van der Waals surface area contributed by atoms with Gasteiger partial charge in [-0.2, -0.15) is 0 Å². The molecular formula is C50H32N4OSSi. The van der Waals surface area contributed by atoms with Gasteiger partial charge in [-0.05, 0) is 74.7 Å². The van der Waals surface area contributed by atoms with Gasteiger partial charge in [0.2, 0.25) is 0 Å². The van der Waals surface area contributed by atoms with Crippen molar-refractivity contribution in [2.75, 3.05) is 0 Å². The lowest BCUT2D eigenvalue weighted by atomic mass is 10.1. The van der Waals surface area contributed by atoms with E-state index in [0.717, 1.165) is 50.3 Å². The zero-order valence-electron chi connectivity index (χ0n) is 30.6. The number of aromatic nitrogens is 4. The molecule has 12 rings (SSSR count). The molecule has 57 heavy (non-hydrogen) atoms. The van der Waals surface area contributed by atoms with Crippen molar-refractivity contribution in [2.45, 2.75) is 9.79 Å². The van der Waals surface area contributed by atoms with Crippen molar-refractivity contribution < 1.29 is 4.74 Å². The summed E-state index contributed by atoms with van der Waals surface area (Å²) < 4.78 is 11.1. The van der Waals surface area contributed by atoms with Crippen LogP contribution >= 0.6 is 11.8 Å². The van der Waals surface area contributed by atoms with Gasteiger partial charge >= 0.3 is 0 Å². The minimum absolute atomic E-state index is 0.749. The number of ether oxygens (including phenoxy) is 1. The molecule has 268 valence electrons. The average Bonchev–Trinajstić information content (AvgIpc) is 3.91. The molecule has 0 N–H and O–H groups in total. The SMILES string of the molecule is c1ccc([Si]2(c3ccccc3)c3ccccc3Sc3c2cnc2c3c3ccccc3n2-c2cccc(Oc3ccc4c5ccccc5n5ccnc5c4c3)c2)cc1. The van der Waals surface area contributed by atoms with Gasteiger partial charge in [0.15, 0.2) is 8.07 Å². The maximum absolute atomic E-state index is 6.67. The van der Waals surface area contributed by atoms with Crippen LogP contribution < -0.4 is 25.5 Å². The summed E-state index contributed by atoms with van der Waals surface area (Å²) in [5, 5.41) is 11.2. The van der Waals surface area contributed by atoms with Crippen LogP contribution in [0.2, 0.25) is 0 Å². The van der Waals surface area contributed by atoms with Gasteiger partial charge in [-0.1, -0.05) is 133 Å². The Morgan fingerprint density at radius 2 is 1.21 bits per heavy atom. The van der Waals surface area contributed by atoms with Crippen LogP contribution in [0.3, 0.4) is 0 Å². The number of rotatable bonds is 5. The van der Waals surface area contributed by atoms with Crippen LogP contribution in [0.5, 0.6) is 11.5 Å². The second-order valence-electron chi connectivity index (χ2n) is 14.6. The molecule has 0 saturated heterocycles. The van der Waals surface area contributed by atoms with E-state index in [9.17, 15) is 0 Å². The first-order valence-electron chi connectivity index (χ1n) is 19.1. The van der Waals surface area contributed by atoms with E-state index in [2.05, 4.69) is 185 Å². The van der Waals surface area contributed by atoms with Crippen molar-refractivity contribution in [3.63, 3.8) is 0 Å². The van der Waals surface area contributed by atoms with Crippen molar-refractivity contribution in [1.29, 1.82) is 0 Å². The largest absolute Gasteiger partial charge is 0.457 e. The van der Waals surface area contributed by atoms with Crippen LogP contribution in [0.15, 0.2) is 204 Å². The Labute approximate surface area is 333 Å². The topological polar surface area (TPSA) is 44.4 Å². The Bertz CT molecular complexity index is 3340. The van der Waals surface area contributed by atoms with Crippen molar-refractivity contribution in [2.24, 2.45) is 0 Å². The fraction of sp³-hybridized carbons (Fsp3) is 0. The van der Waals surface area contributed by atoms with Gasteiger partial charge in [0.05, 0.1) is 16.7 Å². The fourth-order valence-electron chi connectivity index (χ4n) is 9.25. The number of hydrogen-bond acceptors (Lipinski definition) is 4. The Balaban J connectivity index is 1.05. The van der Waals surface area contributed by atoms with E-state index in [-0.39, 0.29) is 0 Å². The first-order chi connectivity index (χ1) is 28.3. The molecule has 1 aliphatic rings. The van der Waals surface area contributed by atoms with Crippen LogP contribution in [0, 0.1) is 0 Å². The summed E-state index contributed by atoms with van der Waals surface area (Å²) in [6.07, 6.45) is 6.07. The maximum atomic E-state index is 6.67. The summed E-state index contributed by atoms with van der Waals surface area (Å²) in [5.41, 5.74) is 5.08. The van der Waals surface area contributed by atoms with Crippen LogP contribution in [-0.2, 0) is 0 Å². The molecule has 7 heteroatoms. The van der Waals surface area contributed by atoms with E-state index < -0.39 is 8.07 Å². The van der Waals surface area contributed by atoms with Gasteiger partial charge in [-0.15, -0.1) is 0 Å². The zero-order valence-corrected chi connectivity index (χ0v) is 32.4. The van der Waals surface area contributed by atoms with Crippen LogP contribution in [0.4, 0.5) is 0 Å². The highest BCUT2D eigenvalue weighted by Gasteiger charge is 2.48. The average molecular weight is 765 g/mol. The normalized spacial score (nSPS) is 13.3. The Morgan fingerprint density at radius 3 is 2.04 bits per heavy atom. The number of hydrogen-bond donors (Lipinski definition) is 0. The summed E-state index contributed by atoms with van der Waals surface area (Å²) in [6.45, 7) is 0. The molecule has 0 unspecified atom stereocenters. The number of fused-ring (bicyclic) bond motifs is 12. The summed E-state index contributed by atoms with van der Waals surface area (Å²) in [7, 11) is -2.77. The summed E-state index contributed by atoms with van der Waals surface area (Å²) in [4.78, 5) is 12.8. The molecule has 5 nitrogen and oxygen atoms in total. The van der Waals surface area contributed by atoms with Gasteiger partial charge < -0.3 is 4.74 Å². The molecule has 0 saturated carbocycles. The molecule has 4 aromatic heterocycles. The second kappa shape index (κ2) is 12.5. The van der Waals surface area contributed by atoms with Crippen LogP contribution in [0.25, 0.3) is 54.9 Å². The molecule has 0 fully saturated rings. The van der Waals surface area contributed by atoms with Gasteiger partial charge in [-0.3, -0.25) is 8.97 Å². The lowest BCUT2D eigenvalue weighted by Crippen LogP contribution is -2.76. The second-order valence-corrected chi connectivity index (χ2v) is 19.4. The Morgan fingerprint density at radius 1 is 0.509 bits per heavy atom. The lowest BCUT2D eigenvalue weighted by Gasteiger charge is -2.39. The molecule has 0 bridgehead atoms. The van der Waals surface area contributed by atoms with E-state index in [1.54, 1.807) is 0 Å². The number of imidazole rings is 1. The maximum Gasteiger partial charge on any atom is 0.183 e. The molecular weight excluding hydrogens is 733 g/mol. The molecule has 11 aromatic rings. The molecule has 0 amide bonds. The highest BCUT2D eigenvalue weighted by atomic mass is 32.2. The van der Waals surface area contributed by atoms with Crippen molar-refractivity contribution in [3.8, 4) is 17.2 Å². The van der Waals surface area contributed by atoms with E-state index in [1.165, 1.54) is 46.7 Å². The van der Waals surface area contributed by atoms with Gasteiger partial charge in [-0.25, -0.2) is 9.97 Å². The lowest BCUT2D eigenvalue weighted by molar-refractivity contribution is 0.483. The molecule has 0 aliphatic carbocycles. The van der Waals surface area contributed by atoms with Gasteiger partial charge in [0.25, 0.3) is 0 Å². The highest BCUT2D eigenvalue weighted by molar-refractivity contribution is 8.00. The molecule has 7 aromatic carbocycles. The van der Waals surface area contributed by atoms with Crippen LogP contribution in [-0.4, -0.2) is 27.0 Å². The quantitative estimate of drug-likeness (QED) is 0.129. The number of benzene rings is 7. The van der Waals surface area contributed by atoms with Crippen LogP contribution in [0.1, 0.15) is 0 Å². The number of para-hydroxylation sites is 2. The Kier molecular flexibility index (Phi) is 7.11. The van der Waals surface area contributed by atoms with Crippen molar-refractivity contribution >= 4 is 89.8 Å². The van der Waals surface area contributed by atoms with E-state index in [1.807, 2.05) is 30.2 Å². The molecule has 1 aliphatic heterocycles. The fourth-order valence-corrected chi connectivity index (χ4v) is 16.3. The molecule has 0 atom stereocenters. The molecule has 5 heterocycles. The van der Waals surface area contributed by atoms with Crippen molar-refractivity contribution in [3.05, 3.63) is 195 Å². The third-order valence-corrected chi connectivity index (χ3v) is 18.0. The smallest absolute Gasteiger partial charge is 0.183 e. The Hall–Kier alpha value is -6.93. The number of pyridine rings is 2. The molecule has 0 radical (unpaired) electrons. The summed E-state index contributed by atoms with van der Waals surface area (Å²) >= 11 is 1.88. The number of nitrogens with zero attached hydrogens (tertiary/aromatic N) is 4. The predicted octanol–water partition coefficient (Wildman–Crippen LogP) is 9.77. The monoisotopic (exact) mass is 764 g/mol. The van der Waals surface area contributed by atoms with Crippen molar-refractivity contribution in [1.82, 2.24) is 18.9 Å². The van der Waals surface area contributed by atoms with E-state index in [4.69, 9.17) is 14.7 Å². The predicted molar refractivity (Wildman–Crippen MR) is 237 cm³/mol. The first-order valence-corrected chi connectivity index (χ1v) is 22.0. The first kappa shape index (κ1) is 32.3. The third-order valence-electron chi connectivity index (χ3n) is 11.6.